The van der Waals surface area contributed by atoms with Gasteiger partial charge >= 0.3 is 0 Å². The van der Waals surface area contributed by atoms with Crippen molar-refractivity contribution in [3.63, 3.8) is 0 Å². The highest BCUT2D eigenvalue weighted by atomic mass is 35.5. The summed E-state index contributed by atoms with van der Waals surface area (Å²) in [7, 11) is 0. The molecular formula is C16H16ClFN2O. The lowest BCUT2D eigenvalue weighted by Crippen LogP contribution is -2.37. The summed E-state index contributed by atoms with van der Waals surface area (Å²) in [6, 6.07) is 8.77. The number of pyridine rings is 1. The fourth-order valence-corrected chi connectivity index (χ4v) is 2.70. The molecule has 5 heteroatoms. The van der Waals surface area contributed by atoms with E-state index in [-0.39, 0.29) is 11.1 Å². The van der Waals surface area contributed by atoms with E-state index in [2.05, 4.69) is 16.0 Å². The molecule has 2 aromatic rings. The van der Waals surface area contributed by atoms with Crippen LogP contribution in [0.25, 0.3) is 0 Å². The second kappa shape index (κ2) is 6.52. The van der Waals surface area contributed by atoms with Gasteiger partial charge in [0.25, 0.3) is 0 Å². The average Bonchev–Trinajstić information content (AvgIpc) is 2.51. The van der Waals surface area contributed by atoms with Crippen LogP contribution in [0.5, 0.6) is 0 Å². The quantitative estimate of drug-likeness (QED) is 0.868. The van der Waals surface area contributed by atoms with Crippen molar-refractivity contribution in [3.05, 3.63) is 64.7 Å². The number of aromatic nitrogens is 1. The van der Waals surface area contributed by atoms with Gasteiger partial charge in [-0.3, -0.25) is 9.88 Å². The first-order chi connectivity index (χ1) is 10.2. The van der Waals surface area contributed by atoms with Crippen LogP contribution < -0.4 is 0 Å². The van der Waals surface area contributed by atoms with Crippen molar-refractivity contribution in [2.24, 2.45) is 0 Å². The lowest BCUT2D eigenvalue weighted by molar-refractivity contribution is -0.0329. The molecule has 1 saturated heterocycles. The molecule has 0 aliphatic carbocycles. The van der Waals surface area contributed by atoms with Crippen molar-refractivity contribution < 1.29 is 9.13 Å². The molecule has 0 saturated carbocycles. The van der Waals surface area contributed by atoms with Crippen LogP contribution in [0, 0.1) is 5.82 Å². The largest absolute Gasteiger partial charge is 0.371 e. The summed E-state index contributed by atoms with van der Waals surface area (Å²) in [6.07, 6.45) is 3.57. The minimum absolute atomic E-state index is 0.0754. The Morgan fingerprint density at radius 1 is 1.38 bits per heavy atom. The van der Waals surface area contributed by atoms with Crippen LogP contribution in [0.1, 0.15) is 17.2 Å². The molecule has 1 aromatic carbocycles. The summed E-state index contributed by atoms with van der Waals surface area (Å²) in [6.45, 7) is 3.12. The third-order valence-electron chi connectivity index (χ3n) is 3.59. The predicted molar refractivity (Wildman–Crippen MR) is 79.6 cm³/mol. The molecule has 1 atom stereocenters. The second-order valence-electron chi connectivity index (χ2n) is 5.13. The first-order valence-electron chi connectivity index (χ1n) is 6.90. The molecule has 3 nitrogen and oxygen atoms in total. The summed E-state index contributed by atoms with van der Waals surface area (Å²) in [5.74, 6) is -0.400. The number of rotatable bonds is 3. The van der Waals surface area contributed by atoms with Gasteiger partial charge in [0, 0.05) is 32.0 Å². The van der Waals surface area contributed by atoms with Gasteiger partial charge in [0.1, 0.15) is 5.82 Å². The van der Waals surface area contributed by atoms with Crippen LogP contribution in [0.4, 0.5) is 4.39 Å². The molecule has 0 spiro atoms. The molecule has 2 heterocycles. The zero-order valence-electron chi connectivity index (χ0n) is 11.5. The predicted octanol–water partition coefficient (Wildman–Crippen LogP) is 3.45. The fourth-order valence-electron chi connectivity index (χ4n) is 2.51. The maximum absolute atomic E-state index is 13.2. The topological polar surface area (TPSA) is 25.4 Å². The van der Waals surface area contributed by atoms with Crippen molar-refractivity contribution in [2.75, 3.05) is 19.7 Å². The van der Waals surface area contributed by atoms with E-state index in [1.165, 1.54) is 11.6 Å². The van der Waals surface area contributed by atoms with Crippen LogP contribution in [-0.4, -0.2) is 29.6 Å². The first-order valence-corrected chi connectivity index (χ1v) is 7.28. The van der Waals surface area contributed by atoms with Gasteiger partial charge in [-0.2, -0.15) is 0 Å². The Hall–Kier alpha value is -1.49. The number of nitrogens with zero attached hydrogens (tertiary/aromatic N) is 2. The minimum Gasteiger partial charge on any atom is -0.371 e. The van der Waals surface area contributed by atoms with Crippen LogP contribution in [0.3, 0.4) is 0 Å². The van der Waals surface area contributed by atoms with E-state index in [9.17, 15) is 4.39 Å². The van der Waals surface area contributed by atoms with Crippen molar-refractivity contribution in [1.29, 1.82) is 0 Å². The molecule has 0 N–H and O–H groups in total. The van der Waals surface area contributed by atoms with Crippen LogP contribution in [-0.2, 0) is 11.3 Å². The van der Waals surface area contributed by atoms with Crippen LogP contribution >= 0.6 is 11.6 Å². The van der Waals surface area contributed by atoms with Crippen molar-refractivity contribution in [2.45, 2.75) is 12.6 Å². The lowest BCUT2D eigenvalue weighted by atomic mass is 10.1. The average molecular weight is 307 g/mol. The van der Waals surface area contributed by atoms with Gasteiger partial charge in [-0.05, 0) is 29.3 Å². The van der Waals surface area contributed by atoms with Gasteiger partial charge in [0.15, 0.2) is 0 Å². The molecule has 1 aliphatic rings. The van der Waals surface area contributed by atoms with E-state index < -0.39 is 5.82 Å². The molecule has 110 valence electrons. The number of hydrogen-bond donors (Lipinski definition) is 0. The molecule has 1 aromatic heterocycles. The zero-order valence-corrected chi connectivity index (χ0v) is 12.3. The van der Waals surface area contributed by atoms with E-state index in [0.717, 1.165) is 25.2 Å². The number of hydrogen-bond acceptors (Lipinski definition) is 3. The van der Waals surface area contributed by atoms with Gasteiger partial charge in [-0.25, -0.2) is 4.39 Å². The Balaban J connectivity index is 1.69. The van der Waals surface area contributed by atoms with E-state index in [4.69, 9.17) is 16.3 Å². The van der Waals surface area contributed by atoms with Crippen molar-refractivity contribution >= 4 is 11.6 Å². The second-order valence-corrected chi connectivity index (χ2v) is 5.54. The monoisotopic (exact) mass is 306 g/mol. The summed E-state index contributed by atoms with van der Waals surface area (Å²) >= 11 is 5.85. The number of morpholine rings is 1. The maximum Gasteiger partial charge on any atom is 0.141 e. The number of ether oxygens (including phenoxy) is 1. The highest BCUT2D eigenvalue weighted by Crippen LogP contribution is 2.26. The molecule has 1 fully saturated rings. The molecule has 1 unspecified atom stereocenters. The molecule has 0 radical (unpaired) electrons. The minimum atomic E-state index is -0.400. The van der Waals surface area contributed by atoms with Crippen LogP contribution in [0.2, 0.25) is 5.02 Å². The van der Waals surface area contributed by atoms with Gasteiger partial charge in [-0.1, -0.05) is 23.7 Å². The molecule has 0 bridgehead atoms. The molecule has 3 rings (SSSR count). The summed E-state index contributed by atoms with van der Waals surface area (Å²) in [4.78, 5) is 6.44. The molecule has 0 amide bonds. The highest BCUT2D eigenvalue weighted by Gasteiger charge is 2.22. The summed E-state index contributed by atoms with van der Waals surface area (Å²) in [5, 5.41) is 0.139. The normalized spacial score (nSPS) is 19.6. The van der Waals surface area contributed by atoms with E-state index in [1.807, 2.05) is 12.3 Å². The SMILES string of the molecule is Fc1ccc(C2CN(Cc3cccnc3)CCO2)cc1Cl. The fraction of sp³-hybridized carbons (Fsp3) is 0.312. The third kappa shape index (κ3) is 3.59. The van der Waals surface area contributed by atoms with Gasteiger partial charge in [-0.15, -0.1) is 0 Å². The van der Waals surface area contributed by atoms with E-state index in [0.29, 0.717) is 6.61 Å². The first kappa shape index (κ1) is 14.4. The maximum atomic E-state index is 13.2. The standard InChI is InChI=1S/C16H16ClFN2O/c17-14-8-13(3-4-15(14)18)16-11-20(6-7-21-16)10-12-2-1-5-19-9-12/h1-5,8-9,16H,6-7,10-11H2. The Morgan fingerprint density at radius 3 is 3.05 bits per heavy atom. The Kier molecular flexibility index (Phi) is 4.48. The Morgan fingerprint density at radius 2 is 2.29 bits per heavy atom. The summed E-state index contributed by atoms with van der Waals surface area (Å²) < 4.78 is 19.0. The highest BCUT2D eigenvalue weighted by molar-refractivity contribution is 6.30. The van der Waals surface area contributed by atoms with Gasteiger partial charge < -0.3 is 4.74 Å². The smallest absolute Gasteiger partial charge is 0.141 e. The van der Waals surface area contributed by atoms with Gasteiger partial charge in [0.05, 0.1) is 17.7 Å². The van der Waals surface area contributed by atoms with E-state index in [1.54, 1.807) is 18.3 Å². The van der Waals surface area contributed by atoms with Gasteiger partial charge in [0.2, 0.25) is 0 Å². The lowest BCUT2D eigenvalue weighted by Gasteiger charge is -2.33. The summed E-state index contributed by atoms with van der Waals surface area (Å²) in [5.41, 5.74) is 2.09. The van der Waals surface area contributed by atoms with E-state index >= 15 is 0 Å². The third-order valence-corrected chi connectivity index (χ3v) is 3.88. The van der Waals surface area contributed by atoms with Crippen molar-refractivity contribution in [1.82, 2.24) is 9.88 Å². The Bertz CT molecular complexity index is 608. The van der Waals surface area contributed by atoms with Crippen LogP contribution in [0.15, 0.2) is 42.7 Å². The van der Waals surface area contributed by atoms with Crippen molar-refractivity contribution in [3.8, 4) is 0 Å². The molecular weight excluding hydrogens is 291 g/mol. The molecule has 1 aliphatic heterocycles. The molecule has 21 heavy (non-hydrogen) atoms. The number of halogens is 2. The number of benzene rings is 1. The Labute approximate surface area is 128 Å². The zero-order chi connectivity index (χ0) is 14.7.